The van der Waals surface area contributed by atoms with Crippen LogP contribution in [-0.2, 0) is 5.75 Å². The van der Waals surface area contributed by atoms with Gasteiger partial charge in [-0.2, -0.15) is 0 Å². The quantitative estimate of drug-likeness (QED) is 0.110. The van der Waals surface area contributed by atoms with Crippen molar-refractivity contribution in [1.29, 1.82) is 0 Å². The van der Waals surface area contributed by atoms with Crippen LogP contribution in [0.5, 0.6) is 0 Å². The highest BCUT2D eigenvalue weighted by Gasteiger charge is 2.30. The van der Waals surface area contributed by atoms with Gasteiger partial charge in [-0.3, -0.25) is 9.36 Å². The molecule has 4 aromatic rings. The Hall–Kier alpha value is -2.72. The summed E-state index contributed by atoms with van der Waals surface area (Å²) in [4.78, 5) is 18.5. The summed E-state index contributed by atoms with van der Waals surface area (Å²) in [6.07, 6.45) is 1.99. The molecular formula is C22H13F5N2OS2. The first-order valence-electron chi connectivity index (χ1n) is 9.61. The normalized spacial score (nSPS) is 13.8. The molecule has 5 rings (SSSR count). The van der Waals surface area contributed by atoms with Gasteiger partial charge in [0.15, 0.2) is 28.4 Å². The third-order valence-electron chi connectivity index (χ3n) is 5.28. The maximum absolute atomic E-state index is 14.1. The number of nitrogens with zero attached hydrogens (tertiary/aromatic N) is 2. The summed E-state index contributed by atoms with van der Waals surface area (Å²) in [5.41, 5.74) is 0.123. The Morgan fingerprint density at radius 3 is 2.22 bits per heavy atom. The van der Waals surface area contributed by atoms with E-state index in [0.717, 1.165) is 30.2 Å². The van der Waals surface area contributed by atoms with Crippen LogP contribution in [0.1, 0.15) is 29.9 Å². The van der Waals surface area contributed by atoms with Gasteiger partial charge in [0.25, 0.3) is 5.56 Å². The van der Waals surface area contributed by atoms with Gasteiger partial charge >= 0.3 is 0 Å². The Labute approximate surface area is 186 Å². The molecule has 0 saturated heterocycles. The molecular weight excluding hydrogens is 467 g/mol. The summed E-state index contributed by atoms with van der Waals surface area (Å²) in [5.74, 6) is -10.3. The van der Waals surface area contributed by atoms with Crippen LogP contribution in [0.4, 0.5) is 22.0 Å². The third-order valence-corrected chi connectivity index (χ3v) is 7.14. The van der Waals surface area contributed by atoms with Crippen LogP contribution in [0.15, 0.2) is 45.7 Å². The molecule has 2 aromatic heterocycles. The molecule has 1 aliphatic carbocycles. The van der Waals surface area contributed by atoms with Crippen LogP contribution < -0.4 is 5.56 Å². The number of aromatic nitrogens is 2. The molecule has 10 heteroatoms. The second-order valence-corrected chi connectivity index (χ2v) is 9.15. The van der Waals surface area contributed by atoms with Gasteiger partial charge in [0.05, 0.1) is 11.1 Å². The maximum Gasteiger partial charge on any atom is 0.267 e. The summed E-state index contributed by atoms with van der Waals surface area (Å²) >= 11 is 2.03. The van der Waals surface area contributed by atoms with E-state index in [1.54, 1.807) is 30.3 Å². The molecule has 32 heavy (non-hydrogen) atoms. The topological polar surface area (TPSA) is 34.9 Å². The lowest BCUT2D eigenvalue weighted by Gasteiger charge is -2.13. The Balaban J connectivity index is 1.64. The molecule has 2 heterocycles. The van der Waals surface area contributed by atoms with Crippen LogP contribution in [0, 0.1) is 29.1 Å². The fourth-order valence-corrected chi connectivity index (χ4v) is 5.57. The Morgan fingerprint density at radius 2 is 1.59 bits per heavy atom. The molecule has 164 valence electrons. The Morgan fingerprint density at radius 1 is 0.969 bits per heavy atom. The lowest BCUT2D eigenvalue weighted by atomic mass is 10.1. The number of thiophene rings is 1. The van der Waals surface area contributed by atoms with Gasteiger partial charge < -0.3 is 0 Å². The predicted molar refractivity (Wildman–Crippen MR) is 113 cm³/mol. The van der Waals surface area contributed by atoms with Crippen molar-refractivity contribution in [2.45, 2.75) is 29.7 Å². The predicted octanol–water partition coefficient (Wildman–Crippen LogP) is 6.31. The molecule has 0 atom stereocenters. The zero-order valence-electron chi connectivity index (χ0n) is 16.2. The summed E-state index contributed by atoms with van der Waals surface area (Å²) in [6, 6.07) is 8.57. The number of hydrogen-bond acceptors (Lipinski definition) is 4. The van der Waals surface area contributed by atoms with Crippen LogP contribution >= 0.6 is 23.1 Å². The first kappa shape index (κ1) is 21.1. The van der Waals surface area contributed by atoms with Crippen molar-refractivity contribution < 1.29 is 22.0 Å². The number of halogens is 5. The van der Waals surface area contributed by atoms with Crippen molar-refractivity contribution in [1.82, 2.24) is 9.55 Å². The number of hydrogen-bond donors (Lipinski definition) is 0. The molecule has 0 bridgehead atoms. The number of fused-ring (bicyclic) bond motifs is 1. The smallest absolute Gasteiger partial charge is 0.267 e. The van der Waals surface area contributed by atoms with Gasteiger partial charge in [0.2, 0.25) is 5.82 Å². The number of benzene rings is 2. The van der Waals surface area contributed by atoms with E-state index in [-0.39, 0.29) is 10.7 Å². The molecule has 0 N–H and O–H groups in total. The fourth-order valence-electron chi connectivity index (χ4n) is 3.50. The zero-order valence-corrected chi connectivity index (χ0v) is 17.8. The van der Waals surface area contributed by atoms with Crippen LogP contribution in [0.2, 0.25) is 0 Å². The van der Waals surface area contributed by atoms with Crippen molar-refractivity contribution in [3.63, 3.8) is 0 Å². The fraction of sp³-hybridized carbons (Fsp3) is 0.182. The van der Waals surface area contributed by atoms with E-state index >= 15 is 0 Å². The maximum atomic E-state index is 14.1. The summed E-state index contributed by atoms with van der Waals surface area (Å²) < 4.78 is 70.1. The van der Waals surface area contributed by atoms with Gasteiger partial charge in [-0.1, -0.05) is 30.0 Å². The minimum Gasteiger partial charge on any atom is -0.268 e. The summed E-state index contributed by atoms with van der Waals surface area (Å²) in [6.45, 7) is 0. The Bertz CT molecular complexity index is 1380. The van der Waals surface area contributed by atoms with E-state index in [2.05, 4.69) is 4.98 Å². The zero-order chi connectivity index (χ0) is 22.6. The number of para-hydroxylation sites is 1. The first-order chi connectivity index (χ1) is 15.4. The highest BCUT2D eigenvalue weighted by atomic mass is 32.2. The molecule has 0 amide bonds. The SMILES string of the molecule is O=c1c2c(C3CC3)csc2nc(SCc2c(F)c(F)c(F)c(F)c2F)n1-c1ccccc1. The molecule has 1 aliphatic rings. The number of thioether (sulfide) groups is 1. The van der Waals surface area contributed by atoms with Gasteiger partial charge in [-0.25, -0.2) is 26.9 Å². The molecule has 0 radical (unpaired) electrons. The number of rotatable bonds is 5. The molecule has 3 nitrogen and oxygen atoms in total. The van der Waals surface area contributed by atoms with Crippen molar-refractivity contribution in [2.75, 3.05) is 0 Å². The van der Waals surface area contributed by atoms with Crippen molar-refractivity contribution in [3.05, 3.63) is 86.3 Å². The van der Waals surface area contributed by atoms with Gasteiger partial charge in [-0.15, -0.1) is 11.3 Å². The van der Waals surface area contributed by atoms with Crippen LogP contribution in [0.25, 0.3) is 15.9 Å². The largest absolute Gasteiger partial charge is 0.268 e. The van der Waals surface area contributed by atoms with Crippen molar-refractivity contribution >= 4 is 33.3 Å². The van der Waals surface area contributed by atoms with Crippen molar-refractivity contribution in [2.24, 2.45) is 0 Å². The highest BCUT2D eigenvalue weighted by Crippen LogP contribution is 2.44. The van der Waals surface area contributed by atoms with Gasteiger partial charge in [-0.05, 0) is 41.8 Å². The Kier molecular flexibility index (Phi) is 5.29. The summed E-state index contributed by atoms with van der Waals surface area (Å²) in [7, 11) is 0. The average molecular weight is 480 g/mol. The first-order valence-corrected chi connectivity index (χ1v) is 11.5. The lowest BCUT2D eigenvalue weighted by Crippen LogP contribution is -2.22. The highest BCUT2D eigenvalue weighted by molar-refractivity contribution is 7.98. The van der Waals surface area contributed by atoms with E-state index in [1.165, 1.54) is 15.9 Å². The van der Waals surface area contributed by atoms with E-state index < -0.39 is 40.4 Å². The molecule has 0 unspecified atom stereocenters. The average Bonchev–Trinajstić information content (AvgIpc) is 3.56. The van der Waals surface area contributed by atoms with E-state index in [0.29, 0.717) is 21.8 Å². The van der Waals surface area contributed by atoms with E-state index in [1.807, 2.05) is 5.38 Å². The lowest BCUT2D eigenvalue weighted by molar-refractivity contribution is 0.372. The molecule has 0 aliphatic heterocycles. The van der Waals surface area contributed by atoms with E-state index in [4.69, 9.17) is 0 Å². The molecule has 2 aromatic carbocycles. The molecule has 0 spiro atoms. The van der Waals surface area contributed by atoms with Crippen LogP contribution in [-0.4, -0.2) is 9.55 Å². The minimum absolute atomic E-state index is 0.0989. The monoisotopic (exact) mass is 480 g/mol. The van der Waals surface area contributed by atoms with E-state index in [9.17, 15) is 26.7 Å². The standard InChI is InChI=1S/C22H13F5N2OS2/c23-15-13(16(24)18(26)19(27)17(15)25)9-32-22-28-20-14(12(8-31-20)10-6-7-10)21(30)29(22)11-4-2-1-3-5-11/h1-5,8,10H,6-7,9H2. The third kappa shape index (κ3) is 3.41. The minimum atomic E-state index is -2.21. The van der Waals surface area contributed by atoms with Crippen LogP contribution in [0.3, 0.4) is 0 Å². The van der Waals surface area contributed by atoms with Crippen molar-refractivity contribution in [3.8, 4) is 5.69 Å². The second-order valence-electron chi connectivity index (χ2n) is 7.35. The summed E-state index contributed by atoms with van der Waals surface area (Å²) in [5, 5.41) is 2.49. The van der Waals surface area contributed by atoms with Gasteiger partial charge in [0, 0.05) is 11.3 Å². The molecule has 1 fully saturated rings. The molecule has 1 saturated carbocycles. The van der Waals surface area contributed by atoms with Gasteiger partial charge in [0.1, 0.15) is 4.83 Å². The second kappa shape index (κ2) is 8.00.